The molecule has 5 nitrogen and oxygen atoms in total. The molecular formula is C11H18N4O. The SMILES string of the molecule is NC(Cc1c[nH]cn1)C(=O)NC1CCCC1. The molecule has 1 saturated carbocycles. The first kappa shape index (κ1) is 11.1. The smallest absolute Gasteiger partial charge is 0.237 e. The van der Waals surface area contributed by atoms with Crippen LogP contribution in [0.4, 0.5) is 0 Å². The van der Waals surface area contributed by atoms with E-state index in [0.29, 0.717) is 12.5 Å². The summed E-state index contributed by atoms with van der Waals surface area (Å²) in [6.45, 7) is 0. The number of carbonyl (C=O) groups excluding carboxylic acids is 1. The maximum Gasteiger partial charge on any atom is 0.237 e. The van der Waals surface area contributed by atoms with E-state index in [-0.39, 0.29) is 5.91 Å². The molecule has 88 valence electrons. The minimum Gasteiger partial charge on any atom is -0.352 e. The third kappa shape index (κ3) is 2.82. The van der Waals surface area contributed by atoms with Crippen LogP contribution in [0.5, 0.6) is 0 Å². The maximum atomic E-state index is 11.8. The van der Waals surface area contributed by atoms with Crippen molar-refractivity contribution >= 4 is 5.91 Å². The third-order valence-corrected chi connectivity index (χ3v) is 3.02. The van der Waals surface area contributed by atoms with Crippen LogP contribution in [0.15, 0.2) is 12.5 Å². The molecule has 0 aliphatic heterocycles. The van der Waals surface area contributed by atoms with E-state index in [1.807, 2.05) is 0 Å². The number of aromatic amines is 1. The number of rotatable bonds is 4. The number of nitrogens with one attached hydrogen (secondary N) is 2. The number of amides is 1. The molecule has 0 saturated heterocycles. The Hall–Kier alpha value is -1.36. The van der Waals surface area contributed by atoms with Gasteiger partial charge in [-0.05, 0) is 12.8 Å². The largest absolute Gasteiger partial charge is 0.352 e. The molecular weight excluding hydrogens is 204 g/mol. The molecule has 0 radical (unpaired) electrons. The van der Waals surface area contributed by atoms with Crippen LogP contribution < -0.4 is 11.1 Å². The second-order valence-electron chi connectivity index (χ2n) is 4.36. The Morgan fingerprint density at radius 1 is 1.62 bits per heavy atom. The highest BCUT2D eigenvalue weighted by molar-refractivity contribution is 5.82. The summed E-state index contributed by atoms with van der Waals surface area (Å²) in [6.07, 6.45) is 8.43. The van der Waals surface area contributed by atoms with Crippen LogP contribution in [0, 0.1) is 0 Å². The summed E-state index contributed by atoms with van der Waals surface area (Å²) in [5, 5.41) is 2.99. The van der Waals surface area contributed by atoms with Gasteiger partial charge in [0.2, 0.25) is 5.91 Å². The average Bonchev–Trinajstić information content (AvgIpc) is 2.90. The van der Waals surface area contributed by atoms with E-state index in [1.165, 1.54) is 12.8 Å². The fourth-order valence-electron chi connectivity index (χ4n) is 2.10. The molecule has 1 aliphatic carbocycles. The van der Waals surface area contributed by atoms with Crippen LogP contribution >= 0.6 is 0 Å². The third-order valence-electron chi connectivity index (χ3n) is 3.02. The van der Waals surface area contributed by atoms with Gasteiger partial charge in [0.25, 0.3) is 0 Å². The number of imidazole rings is 1. The summed E-state index contributed by atoms with van der Waals surface area (Å²) in [4.78, 5) is 18.7. The Kier molecular flexibility index (Phi) is 3.56. The molecule has 0 bridgehead atoms. The Bertz CT molecular complexity index is 330. The van der Waals surface area contributed by atoms with Gasteiger partial charge in [-0.2, -0.15) is 0 Å². The quantitative estimate of drug-likeness (QED) is 0.686. The van der Waals surface area contributed by atoms with E-state index in [1.54, 1.807) is 12.5 Å². The molecule has 5 heteroatoms. The molecule has 1 atom stereocenters. The van der Waals surface area contributed by atoms with Crippen LogP contribution in [0.1, 0.15) is 31.4 Å². The lowest BCUT2D eigenvalue weighted by molar-refractivity contribution is -0.123. The van der Waals surface area contributed by atoms with Crippen LogP contribution in [0.2, 0.25) is 0 Å². The van der Waals surface area contributed by atoms with Crippen molar-refractivity contribution in [3.8, 4) is 0 Å². The van der Waals surface area contributed by atoms with Gasteiger partial charge < -0.3 is 16.0 Å². The lowest BCUT2D eigenvalue weighted by Crippen LogP contribution is -2.45. The topological polar surface area (TPSA) is 83.8 Å². The Labute approximate surface area is 94.8 Å². The molecule has 1 aliphatic rings. The number of nitrogens with two attached hydrogens (primary N) is 1. The van der Waals surface area contributed by atoms with Crippen LogP contribution in [0.25, 0.3) is 0 Å². The van der Waals surface area contributed by atoms with E-state index >= 15 is 0 Å². The van der Waals surface area contributed by atoms with Crippen molar-refractivity contribution < 1.29 is 4.79 Å². The van der Waals surface area contributed by atoms with Crippen molar-refractivity contribution in [1.82, 2.24) is 15.3 Å². The highest BCUT2D eigenvalue weighted by Gasteiger charge is 2.21. The Morgan fingerprint density at radius 3 is 3.00 bits per heavy atom. The number of hydrogen-bond acceptors (Lipinski definition) is 3. The Balaban J connectivity index is 1.79. The molecule has 1 fully saturated rings. The van der Waals surface area contributed by atoms with E-state index < -0.39 is 6.04 Å². The zero-order chi connectivity index (χ0) is 11.4. The maximum absolute atomic E-state index is 11.8. The molecule has 2 rings (SSSR count). The highest BCUT2D eigenvalue weighted by atomic mass is 16.2. The number of hydrogen-bond donors (Lipinski definition) is 3. The summed E-state index contributed by atoms with van der Waals surface area (Å²) in [5.41, 5.74) is 6.65. The highest BCUT2D eigenvalue weighted by Crippen LogP contribution is 2.17. The molecule has 1 aromatic rings. The second-order valence-corrected chi connectivity index (χ2v) is 4.36. The first-order valence-corrected chi connectivity index (χ1v) is 5.79. The summed E-state index contributed by atoms with van der Waals surface area (Å²) in [6, 6.07) is -0.165. The normalized spacial score (nSPS) is 18.6. The second kappa shape index (κ2) is 5.12. The van der Waals surface area contributed by atoms with Gasteiger partial charge in [-0.3, -0.25) is 4.79 Å². The summed E-state index contributed by atoms with van der Waals surface area (Å²) >= 11 is 0. The van der Waals surface area contributed by atoms with Crippen molar-refractivity contribution in [1.29, 1.82) is 0 Å². The van der Waals surface area contributed by atoms with Gasteiger partial charge >= 0.3 is 0 Å². The van der Waals surface area contributed by atoms with Crippen LogP contribution in [-0.2, 0) is 11.2 Å². The van der Waals surface area contributed by atoms with Crippen molar-refractivity contribution in [2.45, 2.75) is 44.2 Å². The van der Waals surface area contributed by atoms with Crippen molar-refractivity contribution in [3.63, 3.8) is 0 Å². The molecule has 1 heterocycles. The number of carbonyl (C=O) groups is 1. The number of nitrogens with zero attached hydrogens (tertiary/aromatic N) is 1. The lowest BCUT2D eigenvalue weighted by Gasteiger charge is -2.15. The van der Waals surface area contributed by atoms with Gasteiger partial charge in [0.15, 0.2) is 0 Å². The van der Waals surface area contributed by atoms with Crippen molar-refractivity contribution in [2.24, 2.45) is 5.73 Å². The summed E-state index contributed by atoms with van der Waals surface area (Å²) < 4.78 is 0. The summed E-state index contributed by atoms with van der Waals surface area (Å²) in [7, 11) is 0. The molecule has 4 N–H and O–H groups in total. The predicted octanol–water partition coefficient (Wildman–Crippen LogP) is 0.338. The van der Waals surface area contributed by atoms with Gasteiger partial charge in [-0.25, -0.2) is 4.98 Å². The minimum absolute atomic E-state index is 0.0603. The van der Waals surface area contributed by atoms with Crippen LogP contribution in [0.3, 0.4) is 0 Å². The average molecular weight is 222 g/mol. The fourth-order valence-corrected chi connectivity index (χ4v) is 2.10. The lowest BCUT2D eigenvalue weighted by atomic mass is 10.1. The first-order valence-electron chi connectivity index (χ1n) is 5.79. The van der Waals surface area contributed by atoms with Gasteiger partial charge in [0.05, 0.1) is 18.1 Å². The fraction of sp³-hybridized carbons (Fsp3) is 0.636. The van der Waals surface area contributed by atoms with Gasteiger partial charge in [-0.15, -0.1) is 0 Å². The molecule has 1 amide bonds. The van der Waals surface area contributed by atoms with Crippen molar-refractivity contribution in [3.05, 3.63) is 18.2 Å². The standard InChI is InChI=1S/C11H18N4O/c12-10(5-9-6-13-7-14-9)11(16)15-8-3-1-2-4-8/h6-8,10H,1-5,12H2,(H,13,14)(H,15,16). The van der Waals surface area contributed by atoms with Gasteiger partial charge in [0.1, 0.15) is 0 Å². The van der Waals surface area contributed by atoms with E-state index in [4.69, 9.17) is 5.73 Å². The first-order chi connectivity index (χ1) is 7.75. The van der Waals surface area contributed by atoms with E-state index in [9.17, 15) is 4.79 Å². The van der Waals surface area contributed by atoms with Crippen molar-refractivity contribution in [2.75, 3.05) is 0 Å². The monoisotopic (exact) mass is 222 g/mol. The van der Waals surface area contributed by atoms with E-state index in [0.717, 1.165) is 18.5 Å². The zero-order valence-electron chi connectivity index (χ0n) is 9.28. The number of aromatic nitrogens is 2. The molecule has 0 spiro atoms. The molecule has 0 aromatic carbocycles. The molecule has 1 unspecified atom stereocenters. The van der Waals surface area contributed by atoms with Gasteiger partial charge in [-0.1, -0.05) is 12.8 Å². The summed E-state index contributed by atoms with van der Waals surface area (Å²) in [5.74, 6) is -0.0603. The van der Waals surface area contributed by atoms with Crippen LogP contribution in [-0.4, -0.2) is 28.0 Å². The Morgan fingerprint density at radius 2 is 2.38 bits per heavy atom. The zero-order valence-corrected chi connectivity index (χ0v) is 9.28. The van der Waals surface area contributed by atoms with Gasteiger partial charge in [0, 0.05) is 18.7 Å². The van der Waals surface area contributed by atoms with E-state index in [2.05, 4.69) is 15.3 Å². The molecule has 16 heavy (non-hydrogen) atoms. The number of H-pyrrole nitrogens is 1. The molecule has 1 aromatic heterocycles. The minimum atomic E-state index is -0.496. The predicted molar refractivity (Wildman–Crippen MR) is 60.7 cm³/mol.